The molecule has 0 spiro atoms. The van der Waals surface area contributed by atoms with Crippen molar-refractivity contribution in [3.05, 3.63) is 27.7 Å². The van der Waals surface area contributed by atoms with Crippen LogP contribution < -0.4 is 5.32 Å². The number of nitrogens with zero attached hydrogens (tertiary/aromatic N) is 1. The molecule has 0 aliphatic rings. The maximum absolute atomic E-state index is 9.95. The molecule has 0 fully saturated rings. The van der Waals surface area contributed by atoms with Gasteiger partial charge in [0.15, 0.2) is 0 Å². The van der Waals surface area contributed by atoms with Gasteiger partial charge >= 0.3 is 0 Å². The van der Waals surface area contributed by atoms with Crippen LogP contribution in [0.5, 0.6) is 0 Å². The van der Waals surface area contributed by atoms with Crippen molar-refractivity contribution in [1.29, 1.82) is 0 Å². The highest BCUT2D eigenvalue weighted by molar-refractivity contribution is 9.10. The highest BCUT2D eigenvalue weighted by atomic mass is 79.9. The molecule has 3 nitrogen and oxygen atoms in total. The number of hydrogen-bond donors (Lipinski definition) is 2. The van der Waals surface area contributed by atoms with Gasteiger partial charge in [-0.25, -0.2) is 0 Å². The highest BCUT2D eigenvalue weighted by Gasteiger charge is 2.09. The lowest BCUT2D eigenvalue weighted by molar-refractivity contribution is 0.128. The Balaban J connectivity index is 2.46. The van der Waals surface area contributed by atoms with Gasteiger partial charge in [-0.15, -0.1) is 0 Å². The number of likely N-dealkylation sites (N-methyl/N-ethyl adjacent to an activating group) is 1. The van der Waals surface area contributed by atoms with E-state index >= 15 is 0 Å². The van der Waals surface area contributed by atoms with Gasteiger partial charge in [-0.05, 0) is 47.2 Å². The van der Waals surface area contributed by atoms with Gasteiger partial charge in [0.1, 0.15) is 0 Å². The van der Waals surface area contributed by atoms with Crippen LogP contribution in [-0.4, -0.2) is 42.3 Å². The third kappa shape index (κ3) is 5.14. The first-order chi connectivity index (χ1) is 8.56. The predicted octanol–water partition coefficient (Wildman–Crippen LogP) is 3.22. The molecule has 0 heterocycles. The van der Waals surface area contributed by atoms with Crippen LogP contribution in [0.15, 0.2) is 22.7 Å². The summed E-state index contributed by atoms with van der Waals surface area (Å²) in [6.07, 6.45) is -0.393. The van der Waals surface area contributed by atoms with Crippen LogP contribution in [0.4, 0.5) is 5.69 Å². The largest absolute Gasteiger partial charge is 0.390 e. The summed E-state index contributed by atoms with van der Waals surface area (Å²) in [6, 6.07) is 5.56. The van der Waals surface area contributed by atoms with Gasteiger partial charge in [-0.3, -0.25) is 0 Å². The Kier molecular flexibility index (Phi) is 7.00. The zero-order valence-corrected chi connectivity index (χ0v) is 13.1. The van der Waals surface area contributed by atoms with Crippen LogP contribution in [0.25, 0.3) is 0 Å². The zero-order valence-electron chi connectivity index (χ0n) is 10.8. The van der Waals surface area contributed by atoms with E-state index in [1.54, 1.807) is 0 Å². The van der Waals surface area contributed by atoms with Crippen molar-refractivity contribution in [3.8, 4) is 0 Å². The van der Waals surface area contributed by atoms with E-state index in [1.165, 1.54) is 0 Å². The lowest BCUT2D eigenvalue weighted by Gasteiger charge is -2.22. The first-order valence-electron chi connectivity index (χ1n) is 6.16. The van der Waals surface area contributed by atoms with Gasteiger partial charge < -0.3 is 15.3 Å². The molecular weight excluding hydrogens is 316 g/mol. The molecule has 5 heteroatoms. The molecule has 18 heavy (non-hydrogen) atoms. The van der Waals surface area contributed by atoms with Crippen LogP contribution in [0, 0.1) is 0 Å². The Hall–Kier alpha value is -0.290. The van der Waals surface area contributed by atoms with Crippen LogP contribution in [-0.2, 0) is 0 Å². The molecule has 0 saturated carbocycles. The van der Waals surface area contributed by atoms with Crippen molar-refractivity contribution >= 4 is 33.2 Å². The molecular formula is C13H20BrClN2O. The Morgan fingerprint density at radius 3 is 2.67 bits per heavy atom. The monoisotopic (exact) mass is 334 g/mol. The fraction of sp³-hybridized carbons (Fsp3) is 0.538. The Labute approximate surface area is 122 Å². The molecule has 1 atom stereocenters. The fourth-order valence-electron chi connectivity index (χ4n) is 1.71. The summed E-state index contributed by atoms with van der Waals surface area (Å²) >= 11 is 9.38. The van der Waals surface area contributed by atoms with Gasteiger partial charge in [0.05, 0.1) is 6.10 Å². The summed E-state index contributed by atoms with van der Waals surface area (Å²) in [6.45, 7) is 7.28. The number of aliphatic hydroxyl groups excluding tert-OH is 1. The summed E-state index contributed by atoms with van der Waals surface area (Å²) in [5, 5.41) is 13.8. The zero-order chi connectivity index (χ0) is 13.5. The lowest BCUT2D eigenvalue weighted by atomic mass is 10.2. The van der Waals surface area contributed by atoms with Crippen molar-refractivity contribution in [2.45, 2.75) is 20.0 Å². The summed E-state index contributed by atoms with van der Waals surface area (Å²) in [7, 11) is 0. The average molecular weight is 336 g/mol. The van der Waals surface area contributed by atoms with Crippen LogP contribution in [0.2, 0.25) is 5.02 Å². The molecule has 1 rings (SSSR count). The molecule has 2 N–H and O–H groups in total. The number of benzene rings is 1. The van der Waals surface area contributed by atoms with Crippen molar-refractivity contribution in [3.63, 3.8) is 0 Å². The normalized spacial score (nSPS) is 12.8. The number of aliphatic hydroxyl groups is 1. The van der Waals surface area contributed by atoms with Gasteiger partial charge in [0.2, 0.25) is 0 Å². The Morgan fingerprint density at radius 2 is 2.06 bits per heavy atom. The minimum atomic E-state index is -0.393. The number of halogens is 2. The topological polar surface area (TPSA) is 35.5 Å². The van der Waals surface area contributed by atoms with Crippen molar-refractivity contribution in [2.75, 3.05) is 31.5 Å². The maximum atomic E-state index is 9.95. The summed E-state index contributed by atoms with van der Waals surface area (Å²) in [5.74, 6) is 0. The van der Waals surface area contributed by atoms with Gasteiger partial charge in [0, 0.05) is 28.3 Å². The molecule has 102 valence electrons. The number of nitrogens with one attached hydrogen (secondary N) is 1. The van der Waals surface area contributed by atoms with E-state index in [-0.39, 0.29) is 0 Å². The molecule has 0 aliphatic heterocycles. The SMILES string of the molecule is CCN(CC)CC(O)CNc1cc(Cl)ccc1Br. The third-order valence-corrected chi connectivity index (χ3v) is 3.75. The number of rotatable bonds is 7. The molecule has 0 saturated heterocycles. The van der Waals surface area contributed by atoms with Gasteiger partial charge in [0.25, 0.3) is 0 Å². The van der Waals surface area contributed by atoms with Crippen LogP contribution in [0.3, 0.4) is 0 Å². The molecule has 1 aromatic carbocycles. The molecule has 1 aromatic rings. The molecule has 0 radical (unpaired) electrons. The Bertz CT molecular complexity index is 372. The second-order valence-corrected chi connectivity index (χ2v) is 5.44. The Morgan fingerprint density at radius 1 is 1.39 bits per heavy atom. The van der Waals surface area contributed by atoms with Crippen LogP contribution >= 0.6 is 27.5 Å². The average Bonchev–Trinajstić information content (AvgIpc) is 2.37. The molecule has 0 amide bonds. The molecule has 0 aliphatic carbocycles. The van der Waals surface area contributed by atoms with E-state index in [0.717, 1.165) is 23.2 Å². The lowest BCUT2D eigenvalue weighted by Crippen LogP contribution is -2.35. The minimum Gasteiger partial charge on any atom is -0.390 e. The number of anilines is 1. The number of hydrogen-bond acceptors (Lipinski definition) is 3. The van der Waals surface area contributed by atoms with Gasteiger partial charge in [-0.2, -0.15) is 0 Å². The predicted molar refractivity (Wildman–Crippen MR) is 81.4 cm³/mol. The molecule has 0 aromatic heterocycles. The smallest absolute Gasteiger partial charge is 0.0839 e. The minimum absolute atomic E-state index is 0.393. The first kappa shape index (κ1) is 15.8. The van der Waals surface area contributed by atoms with E-state index in [1.807, 2.05) is 18.2 Å². The highest BCUT2D eigenvalue weighted by Crippen LogP contribution is 2.25. The first-order valence-corrected chi connectivity index (χ1v) is 7.33. The van der Waals surface area contributed by atoms with Gasteiger partial charge in [-0.1, -0.05) is 25.4 Å². The van der Waals surface area contributed by atoms with Crippen molar-refractivity contribution in [1.82, 2.24) is 4.90 Å². The second kappa shape index (κ2) is 8.00. The van der Waals surface area contributed by atoms with E-state index in [9.17, 15) is 5.11 Å². The molecule has 0 bridgehead atoms. The van der Waals surface area contributed by atoms with Crippen molar-refractivity contribution in [2.24, 2.45) is 0 Å². The van der Waals surface area contributed by atoms with E-state index < -0.39 is 6.10 Å². The summed E-state index contributed by atoms with van der Waals surface area (Å²) in [4.78, 5) is 2.19. The van der Waals surface area contributed by atoms with E-state index in [4.69, 9.17) is 11.6 Å². The fourth-order valence-corrected chi connectivity index (χ4v) is 2.26. The van der Waals surface area contributed by atoms with Crippen LogP contribution in [0.1, 0.15) is 13.8 Å². The summed E-state index contributed by atoms with van der Waals surface area (Å²) in [5.41, 5.74) is 0.904. The summed E-state index contributed by atoms with van der Waals surface area (Å²) < 4.78 is 0.946. The van der Waals surface area contributed by atoms with E-state index in [2.05, 4.69) is 40.0 Å². The van der Waals surface area contributed by atoms with E-state index in [0.29, 0.717) is 18.1 Å². The molecule has 1 unspecified atom stereocenters. The third-order valence-electron chi connectivity index (χ3n) is 2.82. The second-order valence-electron chi connectivity index (χ2n) is 4.14. The maximum Gasteiger partial charge on any atom is 0.0839 e. The standard InChI is InChI=1S/C13H20BrClN2O/c1-3-17(4-2)9-11(18)8-16-13-7-10(15)5-6-12(13)14/h5-7,11,16,18H,3-4,8-9H2,1-2H3. The quantitative estimate of drug-likeness (QED) is 0.803. The van der Waals surface area contributed by atoms with Crippen molar-refractivity contribution < 1.29 is 5.11 Å².